The zero-order chi connectivity index (χ0) is 23.3. The maximum atomic E-state index is 12.7. The van der Waals surface area contributed by atoms with E-state index in [4.69, 9.17) is 21.7 Å². The first-order valence-corrected chi connectivity index (χ1v) is 10.4. The number of hydrazine groups is 1. The second-order valence-electron chi connectivity index (χ2n) is 6.43. The molecule has 0 bridgehead atoms. The Morgan fingerprint density at radius 2 is 1.78 bits per heavy atom. The van der Waals surface area contributed by atoms with Crippen molar-refractivity contribution in [3.05, 3.63) is 58.5 Å². The van der Waals surface area contributed by atoms with Crippen LogP contribution in [0, 0.1) is 0 Å². The predicted octanol–water partition coefficient (Wildman–Crippen LogP) is 2.07. The maximum absolute atomic E-state index is 12.7. The molecule has 11 heteroatoms. The molecule has 3 amide bonds. The molecule has 3 N–H and O–H groups in total. The van der Waals surface area contributed by atoms with Gasteiger partial charge in [-0.25, -0.2) is 0 Å². The second-order valence-corrected chi connectivity index (χ2v) is 8.11. The number of aromatic hydroxyl groups is 1. The van der Waals surface area contributed by atoms with E-state index in [9.17, 15) is 19.5 Å². The van der Waals surface area contributed by atoms with Gasteiger partial charge in [-0.15, -0.1) is 0 Å². The van der Waals surface area contributed by atoms with Gasteiger partial charge < -0.3 is 14.6 Å². The summed E-state index contributed by atoms with van der Waals surface area (Å²) >= 11 is 6.30. The summed E-state index contributed by atoms with van der Waals surface area (Å²) in [5, 5.41) is 9.26. The molecule has 1 fully saturated rings. The van der Waals surface area contributed by atoms with Crippen LogP contribution in [0.5, 0.6) is 17.2 Å². The average Bonchev–Trinajstić information content (AvgIpc) is 3.05. The number of carbonyl (C=O) groups is 3. The number of nitrogens with one attached hydrogen (secondary N) is 2. The van der Waals surface area contributed by atoms with Crippen LogP contribution in [0.25, 0.3) is 6.08 Å². The van der Waals surface area contributed by atoms with Crippen LogP contribution in [0.1, 0.15) is 15.9 Å². The number of ether oxygens (including phenoxy) is 2. The van der Waals surface area contributed by atoms with E-state index in [0.29, 0.717) is 22.0 Å². The summed E-state index contributed by atoms with van der Waals surface area (Å²) in [7, 11) is 3.04. The highest BCUT2D eigenvalue weighted by Gasteiger charge is 2.33. The third-order valence-electron chi connectivity index (χ3n) is 4.33. The number of thioether (sulfide) groups is 1. The van der Waals surface area contributed by atoms with Crippen LogP contribution in [0.3, 0.4) is 0 Å². The van der Waals surface area contributed by atoms with E-state index in [0.717, 1.165) is 16.7 Å². The summed E-state index contributed by atoms with van der Waals surface area (Å²) in [5.74, 6) is -0.530. The Morgan fingerprint density at radius 1 is 1.09 bits per heavy atom. The Labute approximate surface area is 193 Å². The van der Waals surface area contributed by atoms with Crippen molar-refractivity contribution in [1.29, 1.82) is 0 Å². The number of amides is 3. The van der Waals surface area contributed by atoms with Gasteiger partial charge in [0, 0.05) is 5.56 Å². The van der Waals surface area contributed by atoms with Gasteiger partial charge in [0.15, 0.2) is 11.5 Å². The topological polar surface area (TPSA) is 117 Å². The molecular formula is C21H19N3O6S2. The van der Waals surface area contributed by atoms with Gasteiger partial charge >= 0.3 is 0 Å². The smallest absolute Gasteiger partial charge is 0.269 e. The zero-order valence-corrected chi connectivity index (χ0v) is 18.7. The third kappa shape index (κ3) is 5.37. The molecule has 0 spiro atoms. The monoisotopic (exact) mass is 473 g/mol. The van der Waals surface area contributed by atoms with Gasteiger partial charge in [-0.05, 0) is 48.0 Å². The molecule has 0 unspecified atom stereocenters. The van der Waals surface area contributed by atoms with Crippen molar-refractivity contribution in [3.63, 3.8) is 0 Å². The number of methoxy groups -OCH3 is 2. The summed E-state index contributed by atoms with van der Waals surface area (Å²) < 4.78 is 10.7. The molecule has 0 aromatic heterocycles. The standard InChI is InChI=1S/C21H19N3O6S2/c1-29-15-8-3-12(9-16(15)30-2)10-17-20(28)24(21(31)32-17)11-18(26)22-23-19(27)13-4-6-14(25)7-5-13/h3-10,25H,11H2,1-2H3,(H,22,26)(H,23,27)/b17-10-. The Hall–Kier alpha value is -3.57. The number of phenols is 1. The first kappa shape index (κ1) is 23.1. The Bertz CT molecular complexity index is 1100. The van der Waals surface area contributed by atoms with Crippen molar-refractivity contribution in [1.82, 2.24) is 15.8 Å². The van der Waals surface area contributed by atoms with E-state index in [-0.39, 0.29) is 22.2 Å². The first-order chi connectivity index (χ1) is 15.3. The van der Waals surface area contributed by atoms with Gasteiger partial charge in [-0.3, -0.25) is 30.1 Å². The summed E-state index contributed by atoms with van der Waals surface area (Å²) in [4.78, 5) is 38.5. The number of nitrogens with zero attached hydrogens (tertiary/aromatic N) is 1. The second kappa shape index (κ2) is 10.2. The van der Waals surface area contributed by atoms with Gasteiger partial charge in [0.1, 0.15) is 16.6 Å². The van der Waals surface area contributed by atoms with Gasteiger partial charge in [0.05, 0.1) is 19.1 Å². The minimum absolute atomic E-state index is 0.0149. The molecule has 32 heavy (non-hydrogen) atoms. The molecule has 0 saturated carbocycles. The number of hydrogen-bond acceptors (Lipinski definition) is 8. The molecule has 2 aromatic carbocycles. The Morgan fingerprint density at radius 3 is 2.44 bits per heavy atom. The van der Waals surface area contributed by atoms with Crippen LogP contribution in [-0.2, 0) is 9.59 Å². The molecule has 1 aliphatic rings. The van der Waals surface area contributed by atoms with Crippen molar-refractivity contribution in [2.75, 3.05) is 20.8 Å². The Balaban J connectivity index is 1.62. The highest BCUT2D eigenvalue weighted by atomic mass is 32.2. The number of rotatable bonds is 6. The molecule has 3 rings (SSSR count). The summed E-state index contributed by atoms with van der Waals surface area (Å²) in [5.41, 5.74) is 5.43. The van der Waals surface area contributed by atoms with Gasteiger partial charge in [0.2, 0.25) is 0 Å². The summed E-state index contributed by atoms with van der Waals surface area (Å²) in [6.45, 7) is -0.357. The average molecular weight is 474 g/mol. The Kier molecular flexibility index (Phi) is 7.33. The van der Waals surface area contributed by atoms with E-state index in [2.05, 4.69) is 10.9 Å². The van der Waals surface area contributed by atoms with Crippen molar-refractivity contribution >= 4 is 52.1 Å². The van der Waals surface area contributed by atoms with E-state index in [1.807, 2.05) is 0 Å². The summed E-state index contributed by atoms with van der Waals surface area (Å²) in [6.07, 6.45) is 1.64. The molecule has 0 atom stereocenters. The number of phenolic OH excluding ortho intramolecular Hbond substituents is 1. The molecule has 2 aromatic rings. The minimum Gasteiger partial charge on any atom is -0.508 e. The van der Waals surface area contributed by atoms with Crippen molar-refractivity contribution in [2.24, 2.45) is 0 Å². The van der Waals surface area contributed by atoms with Gasteiger partial charge in [0.25, 0.3) is 17.7 Å². The van der Waals surface area contributed by atoms with E-state index >= 15 is 0 Å². The van der Waals surface area contributed by atoms with Crippen LogP contribution < -0.4 is 20.3 Å². The lowest BCUT2D eigenvalue weighted by molar-refractivity contribution is -0.129. The zero-order valence-electron chi connectivity index (χ0n) is 17.1. The van der Waals surface area contributed by atoms with Crippen LogP contribution in [0.2, 0.25) is 0 Å². The quantitative estimate of drug-likeness (QED) is 0.332. The predicted molar refractivity (Wildman–Crippen MR) is 123 cm³/mol. The van der Waals surface area contributed by atoms with Crippen LogP contribution >= 0.6 is 24.0 Å². The first-order valence-electron chi connectivity index (χ1n) is 9.18. The number of hydrogen-bond donors (Lipinski definition) is 3. The fraction of sp³-hybridized carbons (Fsp3) is 0.143. The maximum Gasteiger partial charge on any atom is 0.269 e. The number of carbonyl (C=O) groups excluding carboxylic acids is 3. The molecular weight excluding hydrogens is 454 g/mol. The van der Waals surface area contributed by atoms with Crippen LogP contribution in [0.15, 0.2) is 47.4 Å². The minimum atomic E-state index is -0.624. The van der Waals surface area contributed by atoms with Gasteiger partial charge in [-0.1, -0.05) is 30.0 Å². The third-order valence-corrected chi connectivity index (χ3v) is 5.70. The van der Waals surface area contributed by atoms with E-state index < -0.39 is 17.7 Å². The van der Waals surface area contributed by atoms with Crippen LogP contribution in [0.4, 0.5) is 0 Å². The highest BCUT2D eigenvalue weighted by Crippen LogP contribution is 2.34. The van der Waals surface area contributed by atoms with E-state index in [1.54, 1.807) is 24.3 Å². The normalized spacial score (nSPS) is 14.4. The van der Waals surface area contributed by atoms with Crippen molar-refractivity contribution in [3.8, 4) is 17.2 Å². The van der Waals surface area contributed by atoms with E-state index in [1.165, 1.54) is 38.5 Å². The van der Waals surface area contributed by atoms with Crippen molar-refractivity contribution in [2.45, 2.75) is 0 Å². The molecule has 1 aliphatic heterocycles. The molecule has 1 heterocycles. The number of thiocarbonyl (C=S) groups is 1. The fourth-order valence-corrected chi connectivity index (χ4v) is 3.98. The van der Waals surface area contributed by atoms with Gasteiger partial charge in [-0.2, -0.15) is 0 Å². The molecule has 0 aliphatic carbocycles. The molecule has 1 saturated heterocycles. The molecule has 166 valence electrons. The summed E-state index contributed by atoms with van der Waals surface area (Å²) in [6, 6.07) is 10.7. The van der Waals surface area contributed by atoms with Crippen LogP contribution in [-0.4, -0.2) is 52.8 Å². The molecule has 0 radical (unpaired) electrons. The molecule has 9 nitrogen and oxygen atoms in total. The lowest BCUT2D eigenvalue weighted by Gasteiger charge is -2.14. The fourth-order valence-electron chi connectivity index (χ4n) is 2.72. The highest BCUT2D eigenvalue weighted by molar-refractivity contribution is 8.26. The van der Waals surface area contributed by atoms with Crippen molar-refractivity contribution < 1.29 is 29.0 Å². The lowest BCUT2D eigenvalue weighted by Crippen LogP contribution is -2.47. The lowest BCUT2D eigenvalue weighted by atomic mass is 10.2. The number of benzene rings is 2. The SMILES string of the molecule is COc1ccc(/C=C2\SC(=S)N(CC(=O)NNC(=O)c3ccc(O)cc3)C2=O)cc1OC. The largest absolute Gasteiger partial charge is 0.508 e.